The van der Waals surface area contributed by atoms with Crippen LogP contribution in [-0.2, 0) is 0 Å². The van der Waals surface area contributed by atoms with E-state index in [1.807, 2.05) is 0 Å². The lowest BCUT2D eigenvalue weighted by molar-refractivity contribution is 0.0687. The van der Waals surface area contributed by atoms with E-state index in [9.17, 15) is 9.18 Å². The van der Waals surface area contributed by atoms with Crippen molar-refractivity contribution in [3.63, 3.8) is 0 Å². The van der Waals surface area contributed by atoms with Crippen LogP contribution in [0, 0.1) is 5.82 Å². The maximum Gasteiger partial charge on any atom is 0.354 e. The average Bonchev–Trinajstić information content (AvgIpc) is 2.82. The lowest BCUT2D eigenvalue weighted by Gasteiger charge is -1.97. The van der Waals surface area contributed by atoms with E-state index in [4.69, 9.17) is 5.11 Å². The molecule has 0 radical (unpaired) electrons. The normalized spacial score (nSPS) is 10.8. The molecule has 3 aromatic rings. The number of fused-ring (bicyclic) bond motifs is 1. The molecule has 0 saturated heterocycles. The second-order valence-electron chi connectivity index (χ2n) is 3.90. The molecule has 0 bridgehead atoms. The van der Waals surface area contributed by atoms with Gasteiger partial charge in [0.05, 0.1) is 5.56 Å². The third-order valence-electron chi connectivity index (χ3n) is 2.69. The molecule has 3 rings (SSSR count). The van der Waals surface area contributed by atoms with Crippen molar-refractivity contribution in [3.05, 3.63) is 54.0 Å². The topological polar surface area (TPSA) is 67.5 Å². The second-order valence-corrected chi connectivity index (χ2v) is 3.90. The van der Waals surface area contributed by atoms with E-state index >= 15 is 0 Å². The highest BCUT2D eigenvalue weighted by atomic mass is 19.1. The first-order valence-corrected chi connectivity index (χ1v) is 5.51. The molecule has 0 atom stereocenters. The monoisotopic (exact) mass is 257 g/mol. The Morgan fingerprint density at radius 3 is 2.68 bits per heavy atom. The van der Waals surface area contributed by atoms with Gasteiger partial charge in [-0.15, -0.1) is 5.10 Å². The maximum atomic E-state index is 13.7. The molecular weight excluding hydrogens is 249 g/mol. The van der Waals surface area contributed by atoms with Crippen molar-refractivity contribution < 1.29 is 14.3 Å². The predicted octanol–water partition coefficient (Wildman–Crippen LogP) is 2.23. The average molecular weight is 257 g/mol. The van der Waals surface area contributed by atoms with Crippen LogP contribution < -0.4 is 0 Å². The lowest BCUT2D eigenvalue weighted by Crippen LogP contribution is -2.05. The van der Waals surface area contributed by atoms with Crippen molar-refractivity contribution in [2.75, 3.05) is 0 Å². The minimum absolute atomic E-state index is 0.0208. The molecule has 0 aliphatic carbocycles. The minimum atomic E-state index is -1.12. The molecule has 0 saturated carbocycles. The van der Waals surface area contributed by atoms with Crippen molar-refractivity contribution in [2.24, 2.45) is 0 Å². The summed E-state index contributed by atoms with van der Waals surface area (Å²) in [4.78, 5) is 15.2. The summed E-state index contributed by atoms with van der Waals surface area (Å²) in [5.41, 5.74) is 0.577. The Bertz CT molecular complexity index is 782. The number of carboxylic acid groups (broad SMARTS) is 1. The smallest absolute Gasteiger partial charge is 0.354 e. The molecule has 1 N–H and O–H groups in total. The Kier molecular flexibility index (Phi) is 2.49. The Balaban J connectivity index is 2.26. The van der Waals surface area contributed by atoms with Gasteiger partial charge >= 0.3 is 5.97 Å². The number of hydrogen-bond acceptors (Lipinski definition) is 3. The van der Waals surface area contributed by atoms with Crippen LogP contribution in [0.5, 0.6) is 0 Å². The second kappa shape index (κ2) is 4.16. The molecule has 5 nitrogen and oxygen atoms in total. The van der Waals surface area contributed by atoms with Crippen LogP contribution in [-0.4, -0.2) is 25.7 Å². The first kappa shape index (κ1) is 11.3. The fourth-order valence-corrected chi connectivity index (χ4v) is 1.82. The Morgan fingerprint density at radius 1 is 1.16 bits per heavy atom. The number of rotatable bonds is 2. The quantitative estimate of drug-likeness (QED) is 0.764. The van der Waals surface area contributed by atoms with Gasteiger partial charge in [0, 0.05) is 0 Å². The highest BCUT2D eigenvalue weighted by molar-refractivity contribution is 5.86. The van der Waals surface area contributed by atoms with Crippen LogP contribution in [0.1, 0.15) is 10.5 Å². The van der Waals surface area contributed by atoms with E-state index in [-0.39, 0.29) is 17.1 Å². The first-order valence-electron chi connectivity index (χ1n) is 5.51. The number of aromatic carboxylic acids is 1. The predicted molar refractivity (Wildman–Crippen MR) is 65.3 cm³/mol. The number of hydrogen-bond donors (Lipinski definition) is 1. The number of nitrogens with zero attached hydrogens (tertiary/aromatic N) is 3. The highest BCUT2D eigenvalue weighted by Crippen LogP contribution is 2.20. The fraction of sp³-hybridized carbons (Fsp3) is 0. The van der Waals surface area contributed by atoms with Crippen molar-refractivity contribution in [3.8, 4) is 11.4 Å². The summed E-state index contributed by atoms with van der Waals surface area (Å²) in [6, 6.07) is 10.7. The van der Waals surface area contributed by atoms with Gasteiger partial charge in [-0.3, -0.25) is 0 Å². The van der Waals surface area contributed by atoms with Gasteiger partial charge < -0.3 is 5.11 Å². The molecule has 94 valence electrons. The van der Waals surface area contributed by atoms with E-state index in [2.05, 4.69) is 10.1 Å². The van der Waals surface area contributed by atoms with Crippen LogP contribution in [0.2, 0.25) is 0 Å². The number of aromatic nitrogens is 3. The van der Waals surface area contributed by atoms with Crippen molar-refractivity contribution in [1.82, 2.24) is 14.6 Å². The van der Waals surface area contributed by atoms with Crippen LogP contribution >= 0.6 is 0 Å². The largest absolute Gasteiger partial charge is 0.477 e. The molecule has 0 unspecified atom stereocenters. The summed E-state index contributed by atoms with van der Waals surface area (Å²) >= 11 is 0. The van der Waals surface area contributed by atoms with Gasteiger partial charge in [-0.05, 0) is 24.3 Å². The standard InChI is InChI=1S/C13H8FN3O2/c14-9-5-2-1-4-8(9)12-15-11-7-3-6-10(13(18)19)17(11)16-12/h1-7H,(H,18,19). The molecule has 0 fully saturated rings. The summed E-state index contributed by atoms with van der Waals surface area (Å²) in [5, 5.41) is 13.1. The third kappa shape index (κ3) is 1.83. The van der Waals surface area contributed by atoms with Crippen LogP contribution in [0.25, 0.3) is 17.0 Å². The zero-order valence-electron chi connectivity index (χ0n) is 9.62. The molecule has 2 heterocycles. The Labute approximate surface area is 107 Å². The van der Waals surface area contributed by atoms with Crippen LogP contribution in [0.4, 0.5) is 4.39 Å². The van der Waals surface area contributed by atoms with Gasteiger partial charge in [0.25, 0.3) is 0 Å². The number of halogens is 1. The lowest BCUT2D eigenvalue weighted by atomic mass is 10.2. The van der Waals surface area contributed by atoms with E-state index in [1.54, 1.807) is 30.3 Å². The number of benzene rings is 1. The zero-order valence-corrected chi connectivity index (χ0v) is 9.62. The van der Waals surface area contributed by atoms with Crippen molar-refractivity contribution in [1.29, 1.82) is 0 Å². The maximum absolute atomic E-state index is 13.7. The molecule has 19 heavy (non-hydrogen) atoms. The molecule has 1 aromatic carbocycles. The number of pyridine rings is 1. The van der Waals surface area contributed by atoms with Gasteiger partial charge in [0.15, 0.2) is 17.2 Å². The summed E-state index contributed by atoms with van der Waals surface area (Å²) in [7, 11) is 0. The van der Waals surface area contributed by atoms with E-state index < -0.39 is 11.8 Å². The SMILES string of the molecule is O=C(O)c1cccc2nc(-c3ccccc3F)nn12. The molecule has 6 heteroatoms. The van der Waals surface area contributed by atoms with Crippen LogP contribution in [0.15, 0.2) is 42.5 Å². The fourth-order valence-electron chi connectivity index (χ4n) is 1.82. The van der Waals surface area contributed by atoms with Crippen LogP contribution in [0.3, 0.4) is 0 Å². The van der Waals surface area contributed by atoms with Gasteiger partial charge in [-0.1, -0.05) is 18.2 Å². The molecular formula is C13H8FN3O2. The summed E-state index contributed by atoms with van der Waals surface area (Å²) in [6.45, 7) is 0. The summed E-state index contributed by atoms with van der Waals surface area (Å²) < 4.78 is 14.8. The molecule has 0 spiro atoms. The molecule has 2 aromatic heterocycles. The van der Waals surface area contributed by atoms with Gasteiger partial charge in [0.2, 0.25) is 0 Å². The Hall–Kier alpha value is -2.76. The summed E-state index contributed by atoms with van der Waals surface area (Å²) in [6.07, 6.45) is 0. The molecule has 0 aliphatic rings. The summed E-state index contributed by atoms with van der Waals surface area (Å²) in [5.74, 6) is -1.40. The van der Waals surface area contributed by atoms with Crippen molar-refractivity contribution in [2.45, 2.75) is 0 Å². The van der Waals surface area contributed by atoms with E-state index in [0.717, 1.165) is 0 Å². The minimum Gasteiger partial charge on any atom is -0.477 e. The van der Waals surface area contributed by atoms with Gasteiger partial charge in [-0.25, -0.2) is 18.7 Å². The van der Waals surface area contributed by atoms with E-state index in [1.165, 1.54) is 16.6 Å². The van der Waals surface area contributed by atoms with E-state index in [0.29, 0.717) is 5.65 Å². The number of carbonyl (C=O) groups is 1. The van der Waals surface area contributed by atoms with Gasteiger partial charge in [-0.2, -0.15) is 0 Å². The highest BCUT2D eigenvalue weighted by Gasteiger charge is 2.14. The Morgan fingerprint density at radius 2 is 1.95 bits per heavy atom. The zero-order chi connectivity index (χ0) is 13.4. The molecule has 0 amide bonds. The van der Waals surface area contributed by atoms with Gasteiger partial charge in [0.1, 0.15) is 5.82 Å². The first-order chi connectivity index (χ1) is 9.16. The van der Waals surface area contributed by atoms with Crippen molar-refractivity contribution >= 4 is 11.6 Å². The number of carboxylic acids is 1. The third-order valence-corrected chi connectivity index (χ3v) is 2.69. The molecule has 0 aliphatic heterocycles.